The van der Waals surface area contributed by atoms with E-state index in [1.54, 1.807) is 23.9 Å². The van der Waals surface area contributed by atoms with Crippen LogP contribution in [0.2, 0.25) is 0 Å². The van der Waals surface area contributed by atoms with Gasteiger partial charge in [-0.1, -0.05) is 13.8 Å². The lowest BCUT2D eigenvalue weighted by Gasteiger charge is -2.07. The zero-order valence-electron chi connectivity index (χ0n) is 8.45. The fraction of sp³-hybridized carbons (Fsp3) is 0.364. The quantitative estimate of drug-likeness (QED) is 0.611. The van der Waals surface area contributed by atoms with E-state index in [0.29, 0.717) is 17.2 Å². The molecule has 74 valence electrons. The van der Waals surface area contributed by atoms with Crippen LogP contribution < -0.4 is 5.73 Å². The van der Waals surface area contributed by atoms with Crippen LogP contribution in [-0.4, -0.2) is 5.75 Å². The van der Waals surface area contributed by atoms with Crippen LogP contribution in [0.3, 0.4) is 0 Å². The minimum absolute atomic E-state index is 0.622. The molecular weight excluding hydrogens is 192 g/mol. The summed E-state index contributed by atoms with van der Waals surface area (Å²) >= 11 is 1.74. The molecule has 1 aromatic rings. The van der Waals surface area contributed by atoms with Crippen molar-refractivity contribution < 1.29 is 0 Å². The third-order valence-electron chi connectivity index (χ3n) is 1.71. The molecule has 14 heavy (non-hydrogen) atoms. The summed E-state index contributed by atoms with van der Waals surface area (Å²) in [5.74, 6) is 1.70. The number of nitrogens with zero attached hydrogens (tertiary/aromatic N) is 1. The second-order valence-electron chi connectivity index (χ2n) is 3.57. The summed E-state index contributed by atoms with van der Waals surface area (Å²) in [6.07, 6.45) is 0. The van der Waals surface area contributed by atoms with E-state index in [-0.39, 0.29) is 0 Å². The maximum Gasteiger partial charge on any atom is 0.0992 e. The van der Waals surface area contributed by atoms with Crippen LogP contribution in [-0.2, 0) is 0 Å². The van der Waals surface area contributed by atoms with Crippen molar-refractivity contribution in [3.05, 3.63) is 23.8 Å². The van der Waals surface area contributed by atoms with Gasteiger partial charge in [-0.25, -0.2) is 0 Å². The number of nitrogen functional groups attached to an aromatic ring is 1. The van der Waals surface area contributed by atoms with Crippen LogP contribution in [0, 0.1) is 17.2 Å². The first kappa shape index (κ1) is 10.9. The van der Waals surface area contributed by atoms with Gasteiger partial charge < -0.3 is 5.73 Å². The standard InChI is InChI=1S/C11H14N2S/c1-8(2)7-14-11-4-3-9(6-12)5-10(11)13/h3-5,8H,7,13H2,1-2H3. The van der Waals surface area contributed by atoms with Crippen molar-refractivity contribution in [1.82, 2.24) is 0 Å². The Labute approximate surface area is 89.1 Å². The van der Waals surface area contributed by atoms with E-state index < -0.39 is 0 Å². The summed E-state index contributed by atoms with van der Waals surface area (Å²) in [5.41, 5.74) is 7.14. The third-order valence-corrected chi connectivity index (χ3v) is 3.23. The van der Waals surface area contributed by atoms with Gasteiger partial charge in [0.25, 0.3) is 0 Å². The first-order valence-corrected chi connectivity index (χ1v) is 5.54. The lowest BCUT2D eigenvalue weighted by Crippen LogP contribution is -1.94. The minimum atomic E-state index is 0.622. The predicted octanol–water partition coefficient (Wildman–Crippen LogP) is 2.89. The molecule has 1 rings (SSSR count). The van der Waals surface area contributed by atoms with E-state index in [4.69, 9.17) is 11.0 Å². The van der Waals surface area contributed by atoms with Crippen molar-refractivity contribution in [2.24, 2.45) is 5.92 Å². The third kappa shape index (κ3) is 2.97. The van der Waals surface area contributed by atoms with E-state index in [1.165, 1.54) is 0 Å². The normalized spacial score (nSPS) is 10.1. The van der Waals surface area contributed by atoms with Crippen LogP contribution in [0.5, 0.6) is 0 Å². The Morgan fingerprint density at radius 1 is 1.50 bits per heavy atom. The number of hydrogen-bond donors (Lipinski definition) is 1. The van der Waals surface area contributed by atoms with E-state index in [1.807, 2.05) is 6.07 Å². The summed E-state index contributed by atoms with van der Waals surface area (Å²) in [6, 6.07) is 7.52. The number of thioether (sulfide) groups is 1. The number of anilines is 1. The lowest BCUT2D eigenvalue weighted by atomic mass is 10.2. The maximum absolute atomic E-state index is 8.66. The molecule has 0 aliphatic carbocycles. The first-order valence-electron chi connectivity index (χ1n) is 4.56. The average Bonchev–Trinajstić information content (AvgIpc) is 2.15. The Bertz CT molecular complexity index is 353. The van der Waals surface area contributed by atoms with Crippen molar-refractivity contribution in [3.63, 3.8) is 0 Å². The van der Waals surface area contributed by atoms with E-state index in [2.05, 4.69) is 19.9 Å². The van der Waals surface area contributed by atoms with Gasteiger partial charge in [0.2, 0.25) is 0 Å². The fourth-order valence-electron chi connectivity index (χ4n) is 1.01. The highest BCUT2D eigenvalue weighted by Gasteiger charge is 2.02. The smallest absolute Gasteiger partial charge is 0.0992 e. The molecule has 0 unspecified atom stereocenters. The SMILES string of the molecule is CC(C)CSc1ccc(C#N)cc1N. The second-order valence-corrected chi connectivity index (χ2v) is 4.63. The molecule has 0 atom stereocenters. The number of nitriles is 1. The number of hydrogen-bond acceptors (Lipinski definition) is 3. The van der Waals surface area contributed by atoms with Gasteiger partial charge in [0.15, 0.2) is 0 Å². The van der Waals surface area contributed by atoms with Gasteiger partial charge in [-0.2, -0.15) is 5.26 Å². The molecule has 0 aliphatic heterocycles. The summed E-state index contributed by atoms with van der Waals surface area (Å²) in [5, 5.41) is 8.66. The molecule has 0 aromatic heterocycles. The van der Waals surface area contributed by atoms with Gasteiger partial charge in [-0.05, 0) is 24.1 Å². The fourth-order valence-corrected chi connectivity index (χ4v) is 1.91. The lowest BCUT2D eigenvalue weighted by molar-refractivity contribution is 0.750. The Morgan fingerprint density at radius 3 is 2.71 bits per heavy atom. The van der Waals surface area contributed by atoms with Crippen LogP contribution in [0.4, 0.5) is 5.69 Å². The topological polar surface area (TPSA) is 49.8 Å². The predicted molar refractivity (Wildman–Crippen MR) is 61.1 cm³/mol. The Hall–Kier alpha value is -1.14. The molecule has 0 bridgehead atoms. The Balaban J connectivity index is 2.75. The molecule has 0 fully saturated rings. The minimum Gasteiger partial charge on any atom is -0.398 e. The highest BCUT2D eigenvalue weighted by atomic mass is 32.2. The zero-order valence-corrected chi connectivity index (χ0v) is 9.27. The summed E-state index contributed by atoms with van der Waals surface area (Å²) < 4.78 is 0. The first-order chi connectivity index (χ1) is 6.63. The van der Waals surface area contributed by atoms with Gasteiger partial charge in [-0.15, -0.1) is 11.8 Å². The van der Waals surface area contributed by atoms with Gasteiger partial charge in [0.1, 0.15) is 0 Å². The molecule has 2 N–H and O–H groups in total. The van der Waals surface area contributed by atoms with Gasteiger partial charge in [-0.3, -0.25) is 0 Å². The van der Waals surface area contributed by atoms with Crippen molar-refractivity contribution in [3.8, 4) is 6.07 Å². The molecular formula is C11H14N2S. The summed E-state index contributed by atoms with van der Waals surface area (Å²) in [7, 11) is 0. The molecule has 0 amide bonds. The number of nitrogens with two attached hydrogens (primary N) is 1. The van der Waals surface area contributed by atoms with E-state index in [9.17, 15) is 0 Å². The largest absolute Gasteiger partial charge is 0.398 e. The Morgan fingerprint density at radius 2 is 2.21 bits per heavy atom. The van der Waals surface area contributed by atoms with Crippen molar-refractivity contribution in [2.45, 2.75) is 18.7 Å². The maximum atomic E-state index is 8.66. The van der Waals surface area contributed by atoms with E-state index in [0.717, 1.165) is 10.6 Å². The average molecular weight is 206 g/mol. The Kier molecular flexibility index (Phi) is 3.84. The molecule has 0 saturated carbocycles. The summed E-state index contributed by atoms with van der Waals surface area (Å²) in [4.78, 5) is 1.07. The number of rotatable bonds is 3. The second kappa shape index (κ2) is 4.92. The molecule has 2 nitrogen and oxygen atoms in total. The highest BCUT2D eigenvalue weighted by Crippen LogP contribution is 2.27. The van der Waals surface area contributed by atoms with Crippen LogP contribution >= 0.6 is 11.8 Å². The number of benzene rings is 1. The molecule has 0 saturated heterocycles. The monoisotopic (exact) mass is 206 g/mol. The van der Waals surface area contributed by atoms with Crippen molar-refractivity contribution in [1.29, 1.82) is 5.26 Å². The van der Waals surface area contributed by atoms with Crippen molar-refractivity contribution in [2.75, 3.05) is 11.5 Å². The van der Waals surface area contributed by atoms with Gasteiger partial charge >= 0.3 is 0 Å². The summed E-state index contributed by atoms with van der Waals surface area (Å²) in [6.45, 7) is 4.35. The molecule has 3 heteroatoms. The molecule has 0 aliphatic rings. The van der Waals surface area contributed by atoms with Crippen molar-refractivity contribution >= 4 is 17.4 Å². The molecule has 0 heterocycles. The van der Waals surface area contributed by atoms with Gasteiger partial charge in [0.05, 0.1) is 11.6 Å². The van der Waals surface area contributed by atoms with E-state index >= 15 is 0 Å². The zero-order chi connectivity index (χ0) is 10.6. The van der Waals surface area contributed by atoms with Crippen LogP contribution in [0.1, 0.15) is 19.4 Å². The van der Waals surface area contributed by atoms with Crippen LogP contribution in [0.25, 0.3) is 0 Å². The highest BCUT2D eigenvalue weighted by molar-refractivity contribution is 7.99. The van der Waals surface area contributed by atoms with Crippen LogP contribution in [0.15, 0.2) is 23.1 Å². The molecule has 0 spiro atoms. The molecule has 0 radical (unpaired) electrons. The van der Waals surface area contributed by atoms with Gasteiger partial charge in [0, 0.05) is 16.3 Å². The molecule has 1 aromatic carbocycles.